The zero-order valence-corrected chi connectivity index (χ0v) is 13.5. The number of amides is 1. The van der Waals surface area contributed by atoms with Gasteiger partial charge < -0.3 is 14.6 Å². The number of carbonyl (C=O) groups is 1. The summed E-state index contributed by atoms with van der Waals surface area (Å²) in [5.41, 5.74) is 0. The quantitative estimate of drug-likeness (QED) is 0.831. The first kappa shape index (κ1) is 15.7. The number of rotatable bonds is 6. The van der Waals surface area contributed by atoms with Crippen LogP contribution in [-0.4, -0.2) is 35.7 Å². The molecule has 0 saturated heterocycles. The molecule has 1 amide bonds. The minimum atomic E-state index is -0.0378. The average Bonchev–Trinajstić information content (AvgIpc) is 3.07. The first-order valence-electron chi connectivity index (χ1n) is 6.96. The topological polar surface area (TPSA) is 72.5 Å². The lowest BCUT2D eigenvalue weighted by atomic mass is 10.3. The molecule has 1 unspecified atom stereocenters. The lowest BCUT2D eigenvalue weighted by Crippen LogP contribution is -3.10. The minimum Gasteiger partial charge on any atom is -0.414 e. The molecule has 2 heterocycles. The van der Waals surface area contributed by atoms with Gasteiger partial charge in [0.05, 0.1) is 11.9 Å². The van der Waals surface area contributed by atoms with Gasteiger partial charge in [-0.2, -0.15) is 0 Å². The van der Waals surface area contributed by atoms with Gasteiger partial charge in [0.15, 0.2) is 12.6 Å². The van der Waals surface area contributed by atoms with Crippen molar-refractivity contribution in [3.8, 4) is 10.8 Å². The van der Waals surface area contributed by atoms with Crippen molar-refractivity contribution < 1.29 is 14.1 Å². The van der Waals surface area contributed by atoms with Crippen LogP contribution in [0.5, 0.6) is 0 Å². The van der Waals surface area contributed by atoms with Crippen molar-refractivity contribution in [2.75, 3.05) is 13.6 Å². The molecule has 2 aromatic heterocycles. The van der Waals surface area contributed by atoms with Crippen LogP contribution in [0.3, 0.4) is 0 Å². The molecule has 2 rings (SSSR count). The van der Waals surface area contributed by atoms with E-state index in [1.807, 2.05) is 45.3 Å². The number of nitrogens with one attached hydrogen (secondary N) is 2. The molecule has 7 heteroatoms. The molecule has 0 fully saturated rings. The molecule has 6 nitrogen and oxygen atoms in total. The second-order valence-corrected chi connectivity index (χ2v) is 6.34. The Morgan fingerprint density at radius 3 is 2.81 bits per heavy atom. The fourth-order valence-electron chi connectivity index (χ4n) is 1.90. The highest BCUT2D eigenvalue weighted by Crippen LogP contribution is 2.24. The van der Waals surface area contributed by atoms with Gasteiger partial charge in [0.25, 0.3) is 17.7 Å². The molecule has 0 radical (unpaired) electrons. The molecule has 0 spiro atoms. The standard InChI is InChI=1S/C14H20N4O2S/c1-9(2)15-12(19)8-18(4)10(3)13-16-17-14(20-13)11-6-5-7-21-11/h5-7,9-10H,8H2,1-4H3,(H,15,19)/p+1/t10-/m0/s1. The van der Waals surface area contributed by atoms with Gasteiger partial charge in [0, 0.05) is 6.04 Å². The number of thiophene rings is 1. The summed E-state index contributed by atoms with van der Waals surface area (Å²) in [5.74, 6) is 1.10. The molecular weight excluding hydrogens is 288 g/mol. The summed E-state index contributed by atoms with van der Waals surface area (Å²) in [4.78, 5) is 13.8. The summed E-state index contributed by atoms with van der Waals surface area (Å²) >= 11 is 1.56. The van der Waals surface area contributed by atoms with E-state index in [9.17, 15) is 4.79 Å². The summed E-state index contributed by atoms with van der Waals surface area (Å²) in [5, 5.41) is 13.0. The molecule has 0 aliphatic rings. The summed E-state index contributed by atoms with van der Waals surface area (Å²) < 4.78 is 5.71. The molecule has 0 aliphatic heterocycles. The maximum atomic E-state index is 11.8. The van der Waals surface area contributed by atoms with E-state index in [-0.39, 0.29) is 18.0 Å². The van der Waals surface area contributed by atoms with Crippen molar-refractivity contribution in [2.24, 2.45) is 0 Å². The lowest BCUT2D eigenvalue weighted by Gasteiger charge is -2.19. The SMILES string of the molecule is CC(C)NC(=O)C[NH+](C)[C@@H](C)c1nnc(-c2cccs2)o1. The third kappa shape index (κ3) is 4.12. The van der Waals surface area contributed by atoms with Gasteiger partial charge >= 0.3 is 0 Å². The molecule has 2 atom stereocenters. The molecule has 2 N–H and O–H groups in total. The first-order valence-corrected chi connectivity index (χ1v) is 7.84. The van der Waals surface area contributed by atoms with Crippen LogP contribution in [0.1, 0.15) is 32.7 Å². The second kappa shape index (κ2) is 6.82. The Morgan fingerprint density at radius 1 is 1.43 bits per heavy atom. The number of hydrogen-bond acceptors (Lipinski definition) is 5. The third-order valence-electron chi connectivity index (χ3n) is 3.17. The summed E-state index contributed by atoms with van der Waals surface area (Å²) in [7, 11) is 1.94. The van der Waals surface area contributed by atoms with Gasteiger partial charge in [-0.1, -0.05) is 6.07 Å². The van der Waals surface area contributed by atoms with Crippen molar-refractivity contribution in [2.45, 2.75) is 32.9 Å². The Balaban J connectivity index is 1.99. The molecule has 114 valence electrons. The molecule has 0 saturated carbocycles. The summed E-state index contributed by atoms with van der Waals surface area (Å²) in [6, 6.07) is 4.00. The highest BCUT2D eigenvalue weighted by atomic mass is 32.1. The zero-order chi connectivity index (χ0) is 15.4. The average molecular weight is 309 g/mol. The predicted molar refractivity (Wildman–Crippen MR) is 81.1 cm³/mol. The van der Waals surface area contributed by atoms with Crippen LogP contribution in [0, 0.1) is 0 Å². The van der Waals surface area contributed by atoms with Crippen LogP contribution in [0.15, 0.2) is 21.9 Å². The zero-order valence-electron chi connectivity index (χ0n) is 12.7. The van der Waals surface area contributed by atoms with Crippen molar-refractivity contribution in [1.82, 2.24) is 15.5 Å². The van der Waals surface area contributed by atoms with Crippen LogP contribution >= 0.6 is 11.3 Å². The predicted octanol–water partition coefficient (Wildman–Crippen LogP) is 0.898. The maximum Gasteiger partial charge on any atom is 0.275 e. The second-order valence-electron chi connectivity index (χ2n) is 5.39. The first-order chi connectivity index (χ1) is 9.97. The van der Waals surface area contributed by atoms with E-state index >= 15 is 0 Å². The van der Waals surface area contributed by atoms with E-state index in [0.717, 1.165) is 9.78 Å². The Morgan fingerprint density at radius 2 is 2.19 bits per heavy atom. The van der Waals surface area contributed by atoms with Crippen LogP contribution in [-0.2, 0) is 4.79 Å². The lowest BCUT2D eigenvalue weighted by molar-refractivity contribution is -0.903. The van der Waals surface area contributed by atoms with Gasteiger partial charge in [-0.3, -0.25) is 4.79 Å². The van der Waals surface area contributed by atoms with E-state index in [2.05, 4.69) is 15.5 Å². The van der Waals surface area contributed by atoms with E-state index < -0.39 is 0 Å². The van der Waals surface area contributed by atoms with Gasteiger partial charge in [-0.25, -0.2) is 0 Å². The normalized spacial score (nSPS) is 14.1. The van der Waals surface area contributed by atoms with Gasteiger partial charge in [-0.05, 0) is 32.2 Å². The minimum absolute atomic E-state index is 0.0207. The largest absolute Gasteiger partial charge is 0.414 e. The van der Waals surface area contributed by atoms with Crippen molar-refractivity contribution in [3.63, 3.8) is 0 Å². The van der Waals surface area contributed by atoms with E-state index in [0.29, 0.717) is 18.3 Å². The van der Waals surface area contributed by atoms with E-state index in [1.165, 1.54) is 0 Å². The number of nitrogens with zero attached hydrogens (tertiary/aromatic N) is 2. The smallest absolute Gasteiger partial charge is 0.275 e. The number of hydrogen-bond donors (Lipinski definition) is 2. The molecule has 21 heavy (non-hydrogen) atoms. The fraction of sp³-hybridized carbons (Fsp3) is 0.500. The van der Waals surface area contributed by atoms with Crippen LogP contribution < -0.4 is 10.2 Å². The van der Waals surface area contributed by atoms with Crippen molar-refractivity contribution in [3.05, 3.63) is 23.4 Å². The number of likely N-dealkylation sites (N-methyl/N-ethyl adjacent to an activating group) is 1. The number of carbonyl (C=O) groups excluding carboxylic acids is 1. The third-order valence-corrected chi connectivity index (χ3v) is 4.03. The van der Waals surface area contributed by atoms with Crippen molar-refractivity contribution in [1.29, 1.82) is 0 Å². The van der Waals surface area contributed by atoms with E-state index in [1.54, 1.807) is 11.3 Å². The van der Waals surface area contributed by atoms with Crippen molar-refractivity contribution >= 4 is 17.2 Å². The Kier molecular flexibility index (Phi) is 5.08. The molecular formula is C14H21N4O2S+. The highest BCUT2D eigenvalue weighted by molar-refractivity contribution is 7.13. The fourth-order valence-corrected chi connectivity index (χ4v) is 2.54. The van der Waals surface area contributed by atoms with Gasteiger partial charge in [0.1, 0.15) is 0 Å². The number of quaternary nitrogens is 1. The van der Waals surface area contributed by atoms with Gasteiger partial charge in [0.2, 0.25) is 0 Å². The Labute approximate surface area is 128 Å². The summed E-state index contributed by atoms with van der Waals surface area (Å²) in [6.07, 6.45) is 0. The molecule has 0 aromatic carbocycles. The molecule has 0 bridgehead atoms. The van der Waals surface area contributed by atoms with Crippen LogP contribution in [0.2, 0.25) is 0 Å². The van der Waals surface area contributed by atoms with E-state index in [4.69, 9.17) is 4.42 Å². The molecule has 0 aliphatic carbocycles. The maximum absolute atomic E-state index is 11.8. The highest BCUT2D eigenvalue weighted by Gasteiger charge is 2.24. The Bertz CT molecular complexity index is 580. The van der Waals surface area contributed by atoms with Gasteiger partial charge in [-0.15, -0.1) is 21.5 Å². The van der Waals surface area contributed by atoms with Crippen LogP contribution in [0.25, 0.3) is 10.8 Å². The monoisotopic (exact) mass is 309 g/mol. The summed E-state index contributed by atoms with van der Waals surface area (Å²) in [6.45, 7) is 6.24. The molecule has 2 aromatic rings. The Hall–Kier alpha value is -1.73. The number of aromatic nitrogens is 2. The van der Waals surface area contributed by atoms with Crippen LogP contribution in [0.4, 0.5) is 0 Å².